The number of amides is 1. The fourth-order valence-corrected chi connectivity index (χ4v) is 1.80. The summed E-state index contributed by atoms with van der Waals surface area (Å²) >= 11 is 0. The number of aromatic amines is 1. The van der Waals surface area contributed by atoms with Crippen LogP contribution in [-0.2, 0) is 0 Å². The van der Waals surface area contributed by atoms with Crippen LogP contribution >= 0.6 is 0 Å². The highest BCUT2D eigenvalue weighted by atomic mass is 16.5. The standard InChI is InChI=1S/C14H16N4O3/c1-8(2)21-10-5-3-4-9(6-10)12-7-11(13(19)16-15)14(20)18-17-12/h3-8H,15H2,1-2H3,(H,16,19)(H,18,20). The van der Waals surface area contributed by atoms with Gasteiger partial charge in [0.1, 0.15) is 11.3 Å². The Hall–Kier alpha value is -2.67. The molecular weight excluding hydrogens is 272 g/mol. The number of carbonyl (C=O) groups is 1. The van der Waals surface area contributed by atoms with E-state index in [1.807, 2.05) is 31.4 Å². The first-order valence-corrected chi connectivity index (χ1v) is 6.39. The van der Waals surface area contributed by atoms with Crippen LogP contribution in [0.5, 0.6) is 5.75 Å². The van der Waals surface area contributed by atoms with Crippen LogP contribution in [0, 0.1) is 0 Å². The maximum Gasteiger partial charge on any atom is 0.277 e. The average Bonchev–Trinajstić information content (AvgIpc) is 2.46. The molecular formula is C14H16N4O3. The van der Waals surface area contributed by atoms with Gasteiger partial charge in [-0.15, -0.1) is 0 Å². The molecule has 0 unspecified atom stereocenters. The molecule has 2 rings (SSSR count). The Morgan fingerprint density at radius 3 is 2.81 bits per heavy atom. The average molecular weight is 288 g/mol. The number of benzene rings is 1. The van der Waals surface area contributed by atoms with Crippen molar-refractivity contribution in [3.8, 4) is 17.0 Å². The number of rotatable bonds is 4. The lowest BCUT2D eigenvalue weighted by Crippen LogP contribution is -2.34. The number of aromatic nitrogens is 2. The lowest BCUT2D eigenvalue weighted by atomic mass is 10.1. The molecule has 1 aromatic carbocycles. The summed E-state index contributed by atoms with van der Waals surface area (Å²) in [6.07, 6.45) is 0.0439. The van der Waals surface area contributed by atoms with Crippen molar-refractivity contribution in [2.45, 2.75) is 20.0 Å². The topological polar surface area (TPSA) is 110 Å². The van der Waals surface area contributed by atoms with E-state index in [1.54, 1.807) is 12.1 Å². The summed E-state index contributed by atoms with van der Waals surface area (Å²) in [6.45, 7) is 3.85. The van der Waals surface area contributed by atoms with Gasteiger partial charge in [0, 0.05) is 5.56 Å². The SMILES string of the molecule is CC(C)Oc1cccc(-c2cc(C(=O)NN)c(=O)[nH]n2)c1. The predicted octanol–water partition coefficient (Wildman–Crippen LogP) is 0.828. The second-order valence-electron chi connectivity index (χ2n) is 4.66. The van der Waals surface area contributed by atoms with Gasteiger partial charge in [0.05, 0.1) is 11.8 Å². The number of nitrogens with two attached hydrogens (primary N) is 1. The summed E-state index contributed by atoms with van der Waals surface area (Å²) in [6, 6.07) is 8.60. The molecule has 0 spiro atoms. The first-order chi connectivity index (χ1) is 10.0. The second kappa shape index (κ2) is 6.19. The number of nitrogens with one attached hydrogen (secondary N) is 2. The molecule has 21 heavy (non-hydrogen) atoms. The van der Waals surface area contributed by atoms with E-state index in [-0.39, 0.29) is 11.7 Å². The number of H-pyrrole nitrogens is 1. The highest BCUT2D eigenvalue weighted by molar-refractivity contribution is 5.94. The van der Waals surface area contributed by atoms with Crippen molar-refractivity contribution < 1.29 is 9.53 Å². The summed E-state index contributed by atoms with van der Waals surface area (Å²) in [4.78, 5) is 23.1. The van der Waals surface area contributed by atoms with E-state index in [9.17, 15) is 9.59 Å². The molecule has 0 bridgehead atoms. The van der Waals surface area contributed by atoms with Gasteiger partial charge in [-0.25, -0.2) is 10.9 Å². The smallest absolute Gasteiger partial charge is 0.277 e. The molecule has 0 fully saturated rings. The molecule has 2 aromatic rings. The molecule has 1 amide bonds. The van der Waals surface area contributed by atoms with Crippen molar-refractivity contribution in [1.29, 1.82) is 0 Å². The molecule has 4 N–H and O–H groups in total. The third kappa shape index (κ3) is 3.46. The minimum Gasteiger partial charge on any atom is -0.491 e. The van der Waals surface area contributed by atoms with Crippen LogP contribution in [0.2, 0.25) is 0 Å². The summed E-state index contributed by atoms with van der Waals surface area (Å²) in [5.41, 5.74) is 2.39. The van der Waals surface area contributed by atoms with Crippen LogP contribution in [0.25, 0.3) is 11.3 Å². The molecule has 110 valence electrons. The number of nitrogen functional groups attached to an aromatic ring is 1. The number of hydrogen-bond donors (Lipinski definition) is 3. The normalized spacial score (nSPS) is 10.5. The number of hydrazine groups is 1. The van der Waals surface area contributed by atoms with Crippen LogP contribution in [0.15, 0.2) is 35.1 Å². The van der Waals surface area contributed by atoms with Gasteiger partial charge in [-0.1, -0.05) is 12.1 Å². The van der Waals surface area contributed by atoms with E-state index in [0.717, 1.165) is 5.56 Å². The molecule has 7 nitrogen and oxygen atoms in total. The molecule has 0 radical (unpaired) electrons. The van der Waals surface area contributed by atoms with Gasteiger partial charge in [0.25, 0.3) is 11.5 Å². The zero-order chi connectivity index (χ0) is 15.4. The first kappa shape index (κ1) is 14.7. The molecule has 1 heterocycles. The Kier molecular flexibility index (Phi) is 4.34. The van der Waals surface area contributed by atoms with Crippen LogP contribution in [0.3, 0.4) is 0 Å². The Morgan fingerprint density at radius 1 is 1.38 bits per heavy atom. The molecule has 0 aliphatic carbocycles. The fraction of sp³-hybridized carbons (Fsp3) is 0.214. The highest BCUT2D eigenvalue weighted by Gasteiger charge is 2.12. The van der Waals surface area contributed by atoms with E-state index in [2.05, 4.69) is 10.2 Å². The zero-order valence-electron chi connectivity index (χ0n) is 11.7. The lowest BCUT2D eigenvalue weighted by Gasteiger charge is -2.10. The van der Waals surface area contributed by atoms with Gasteiger partial charge < -0.3 is 4.74 Å². The largest absolute Gasteiger partial charge is 0.491 e. The molecule has 7 heteroatoms. The molecule has 0 atom stereocenters. The maximum absolute atomic E-state index is 11.6. The van der Waals surface area contributed by atoms with E-state index < -0.39 is 11.5 Å². The van der Waals surface area contributed by atoms with Crippen molar-refractivity contribution in [3.63, 3.8) is 0 Å². The van der Waals surface area contributed by atoms with Gasteiger partial charge in [-0.05, 0) is 32.0 Å². The Morgan fingerprint density at radius 2 is 2.14 bits per heavy atom. The molecule has 1 aromatic heterocycles. The Bertz CT molecular complexity index is 709. The second-order valence-corrected chi connectivity index (χ2v) is 4.66. The quantitative estimate of drug-likeness (QED) is 0.438. The van der Waals surface area contributed by atoms with Crippen molar-refractivity contribution in [2.75, 3.05) is 0 Å². The molecule has 0 saturated carbocycles. The summed E-state index contributed by atoms with van der Waals surface area (Å²) in [5, 5.41) is 6.21. The van der Waals surface area contributed by atoms with Crippen LogP contribution in [0.1, 0.15) is 24.2 Å². The van der Waals surface area contributed by atoms with Crippen LogP contribution in [-0.4, -0.2) is 22.2 Å². The van der Waals surface area contributed by atoms with Crippen molar-refractivity contribution >= 4 is 5.91 Å². The Balaban J connectivity index is 2.42. The monoisotopic (exact) mass is 288 g/mol. The van der Waals surface area contributed by atoms with E-state index in [4.69, 9.17) is 10.6 Å². The number of ether oxygens (including phenoxy) is 1. The lowest BCUT2D eigenvalue weighted by molar-refractivity contribution is 0.0952. The number of nitrogens with zero attached hydrogens (tertiary/aromatic N) is 1. The summed E-state index contributed by atoms with van der Waals surface area (Å²) < 4.78 is 5.60. The third-order valence-corrected chi connectivity index (χ3v) is 2.68. The Labute approximate surface area is 121 Å². The number of hydrogen-bond acceptors (Lipinski definition) is 5. The summed E-state index contributed by atoms with van der Waals surface area (Å²) in [7, 11) is 0. The van der Waals surface area contributed by atoms with Gasteiger partial charge in [-0.3, -0.25) is 15.0 Å². The minimum atomic E-state index is -0.672. The number of carbonyl (C=O) groups excluding carboxylic acids is 1. The van der Waals surface area contributed by atoms with Gasteiger partial charge in [0.15, 0.2) is 0 Å². The summed E-state index contributed by atoms with van der Waals surface area (Å²) in [5.74, 6) is 5.06. The minimum absolute atomic E-state index is 0.0439. The van der Waals surface area contributed by atoms with Crippen molar-refractivity contribution in [1.82, 2.24) is 15.6 Å². The van der Waals surface area contributed by atoms with Crippen LogP contribution < -0.4 is 21.6 Å². The first-order valence-electron chi connectivity index (χ1n) is 6.39. The molecule has 0 saturated heterocycles. The maximum atomic E-state index is 11.6. The zero-order valence-corrected chi connectivity index (χ0v) is 11.7. The third-order valence-electron chi connectivity index (χ3n) is 2.68. The van der Waals surface area contributed by atoms with Gasteiger partial charge in [-0.2, -0.15) is 5.10 Å². The van der Waals surface area contributed by atoms with Gasteiger partial charge in [0.2, 0.25) is 0 Å². The van der Waals surface area contributed by atoms with E-state index in [1.165, 1.54) is 6.07 Å². The van der Waals surface area contributed by atoms with Gasteiger partial charge >= 0.3 is 0 Å². The molecule has 0 aliphatic rings. The van der Waals surface area contributed by atoms with Crippen molar-refractivity contribution in [3.05, 3.63) is 46.2 Å². The van der Waals surface area contributed by atoms with Crippen molar-refractivity contribution in [2.24, 2.45) is 5.84 Å². The van der Waals surface area contributed by atoms with E-state index >= 15 is 0 Å². The predicted molar refractivity (Wildman–Crippen MR) is 77.7 cm³/mol. The van der Waals surface area contributed by atoms with E-state index in [0.29, 0.717) is 11.4 Å². The fourth-order valence-electron chi connectivity index (χ4n) is 1.80. The molecule has 0 aliphatic heterocycles. The van der Waals surface area contributed by atoms with Crippen LogP contribution in [0.4, 0.5) is 0 Å². The highest BCUT2D eigenvalue weighted by Crippen LogP contribution is 2.22.